The average Bonchev–Trinajstić information content (AvgIpc) is 2.92. The van der Waals surface area contributed by atoms with Gasteiger partial charge in [-0.25, -0.2) is 0 Å². The van der Waals surface area contributed by atoms with Crippen molar-refractivity contribution < 1.29 is 14.3 Å². The predicted molar refractivity (Wildman–Crippen MR) is 89.3 cm³/mol. The van der Waals surface area contributed by atoms with Crippen molar-refractivity contribution in [3.05, 3.63) is 45.1 Å². The second-order valence-corrected chi connectivity index (χ2v) is 6.46. The molecule has 0 unspecified atom stereocenters. The molecule has 1 amide bonds. The summed E-state index contributed by atoms with van der Waals surface area (Å²) < 4.78 is 11.2. The molecule has 0 aliphatic heterocycles. The number of methoxy groups -OCH3 is 2. The van der Waals surface area contributed by atoms with E-state index in [-0.39, 0.29) is 12.3 Å². The van der Waals surface area contributed by atoms with Crippen LogP contribution < -0.4 is 14.8 Å². The van der Waals surface area contributed by atoms with Crippen LogP contribution in [0.5, 0.6) is 11.5 Å². The van der Waals surface area contributed by atoms with E-state index in [1.54, 1.807) is 26.4 Å². The predicted octanol–water partition coefficient (Wildman–Crippen LogP) is 3.32. The van der Waals surface area contributed by atoms with Gasteiger partial charge in [-0.2, -0.15) is 0 Å². The maximum absolute atomic E-state index is 12.0. The van der Waals surface area contributed by atoms with Gasteiger partial charge in [0.2, 0.25) is 5.91 Å². The third-order valence-corrected chi connectivity index (χ3v) is 4.45. The molecular formula is C16H18ClNO3S. The van der Waals surface area contributed by atoms with Gasteiger partial charge in [0.05, 0.1) is 25.0 Å². The number of ether oxygens (including phenoxy) is 2. The highest BCUT2D eigenvalue weighted by molar-refractivity contribution is 7.16. The van der Waals surface area contributed by atoms with E-state index in [1.807, 2.05) is 18.2 Å². The fourth-order valence-corrected chi connectivity index (χ4v) is 3.15. The lowest BCUT2D eigenvalue weighted by molar-refractivity contribution is -0.120. The second-order valence-electron chi connectivity index (χ2n) is 4.66. The van der Waals surface area contributed by atoms with Crippen LogP contribution in [-0.2, 0) is 17.6 Å². The van der Waals surface area contributed by atoms with E-state index >= 15 is 0 Å². The first-order valence-electron chi connectivity index (χ1n) is 6.84. The lowest BCUT2D eigenvalue weighted by Gasteiger charge is -2.10. The van der Waals surface area contributed by atoms with Gasteiger partial charge in [0.25, 0.3) is 0 Å². The van der Waals surface area contributed by atoms with E-state index < -0.39 is 0 Å². The molecule has 0 aliphatic rings. The Kier molecular flexibility index (Phi) is 6.10. The topological polar surface area (TPSA) is 47.6 Å². The normalized spacial score (nSPS) is 10.3. The van der Waals surface area contributed by atoms with Gasteiger partial charge >= 0.3 is 0 Å². The number of halogens is 1. The summed E-state index contributed by atoms with van der Waals surface area (Å²) in [7, 11) is 3.18. The minimum Gasteiger partial charge on any atom is -0.497 e. The number of amides is 1. The smallest absolute Gasteiger partial charge is 0.224 e. The molecule has 2 rings (SSSR count). The van der Waals surface area contributed by atoms with Crippen molar-refractivity contribution in [1.82, 2.24) is 5.32 Å². The minimum atomic E-state index is -0.0470. The Labute approximate surface area is 139 Å². The number of benzene rings is 1. The summed E-state index contributed by atoms with van der Waals surface area (Å²) in [5.41, 5.74) is 0.804. The molecule has 0 bridgehead atoms. The number of carbonyl (C=O) groups is 1. The zero-order chi connectivity index (χ0) is 15.9. The zero-order valence-electron chi connectivity index (χ0n) is 12.5. The summed E-state index contributed by atoms with van der Waals surface area (Å²) in [5.74, 6) is 1.34. The summed E-state index contributed by atoms with van der Waals surface area (Å²) in [5, 5.41) is 2.91. The molecule has 6 heteroatoms. The number of nitrogens with one attached hydrogen (secondary N) is 1. The summed E-state index contributed by atoms with van der Waals surface area (Å²) in [4.78, 5) is 13.2. The lowest BCUT2D eigenvalue weighted by atomic mass is 10.1. The third kappa shape index (κ3) is 4.64. The van der Waals surface area contributed by atoms with Gasteiger partial charge in [0.15, 0.2) is 0 Å². The van der Waals surface area contributed by atoms with Crippen LogP contribution in [0.2, 0.25) is 4.34 Å². The molecule has 1 heterocycles. The van der Waals surface area contributed by atoms with E-state index in [0.29, 0.717) is 18.0 Å². The first kappa shape index (κ1) is 16.6. The molecule has 1 N–H and O–H groups in total. The first-order chi connectivity index (χ1) is 10.6. The summed E-state index contributed by atoms with van der Waals surface area (Å²) >= 11 is 7.41. The Balaban J connectivity index is 1.88. The lowest BCUT2D eigenvalue weighted by Crippen LogP contribution is -2.27. The largest absolute Gasteiger partial charge is 0.497 e. The van der Waals surface area contributed by atoms with Gasteiger partial charge in [-0.3, -0.25) is 4.79 Å². The molecule has 0 aliphatic carbocycles. The Morgan fingerprint density at radius 1 is 1.23 bits per heavy atom. The minimum absolute atomic E-state index is 0.0470. The highest BCUT2D eigenvalue weighted by atomic mass is 35.5. The Morgan fingerprint density at radius 2 is 2.05 bits per heavy atom. The van der Waals surface area contributed by atoms with Crippen LogP contribution in [0.4, 0.5) is 0 Å². The quantitative estimate of drug-likeness (QED) is 0.841. The van der Waals surface area contributed by atoms with Crippen molar-refractivity contribution in [3.63, 3.8) is 0 Å². The first-order valence-corrected chi connectivity index (χ1v) is 8.03. The Bertz CT molecular complexity index is 642. The van der Waals surface area contributed by atoms with Gasteiger partial charge < -0.3 is 14.8 Å². The molecule has 1 aromatic carbocycles. The van der Waals surface area contributed by atoms with Gasteiger partial charge in [0, 0.05) is 17.0 Å². The van der Waals surface area contributed by atoms with Crippen molar-refractivity contribution in [2.45, 2.75) is 12.8 Å². The molecule has 0 fully saturated rings. The van der Waals surface area contributed by atoms with Crippen molar-refractivity contribution in [2.24, 2.45) is 0 Å². The number of hydrogen-bond donors (Lipinski definition) is 1. The molecule has 2 aromatic rings. The third-order valence-electron chi connectivity index (χ3n) is 3.16. The molecule has 22 heavy (non-hydrogen) atoms. The highest BCUT2D eigenvalue weighted by Crippen LogP contribution is 2.24. The van der Waals surface area contributed by atoms with Crippen LogP contribution in [0.15, 0.2) is 30.3 Å². The maximum Gasteiger partial charge on any atom is 0.224 e. The SMILES string of the molecule is COc1ccc(OC)c(CC(=O)NCCc2ccc(Cl)s2)c1. The molecule has 1 aromatic heterocycles. The molecule has 0 radical (unpaired) electrons. The van der Waals surface area contributed by atoms with Gasteiger partial charge in [-0.15, -0.1) is 11.3 Å². The van der Waals surface area contributed by atoms with Crippen molar-refractivity contribution in [1.29, 1.82) is 0 Å². The number of hydrogen-bond acceptors (Lipinski definition) is 4. The summed E-state index contributed by atoms with van der Waals surface area (Å²) in [6.07, 6.45) is 1.03. The van der Waals surface area contributed by atoms with Gasteiger partial charge in [-0.1, -0.05) is 11.6 Å². The van der Waals surface area contributed by atoms with Crippen molar-refractivity contribution >= 4 is 28.8 Å². The molecule has 0 spiro atoms. The number of rotatable bonds is 7. The average molecular weight is 340 g/mol. The Hall–Kier alpha value is -1.72. The number of thiophene rings is 1. The standard InChI is InChI=1S/C16H18ClNO3S/c1-20-12-3-5-14(21-2)11(9-12)10-16(19)18-8-7-13-4-6-15(17)22-13/h3-6,9H,7-8,10H2,1-2H3,(H,18,19). The summed E-state index contributed by atoms with van der Waals surface area (Å²) in [6, 6.07) is 9.27. The second kappa shape index (κ2) is 8.06. The maximum atomic E-state index is 12.0. The van der Waals surface area contributed by atoms with Crippen LogP contribution in [0, 0.1) is 0 Å². The molecule has 4 nitrogen and oxygen atoms in total. The molecule has 0 saturated carbocycles. The van der Waals surface area contributed by atoms with Crippen LogP contribution >= 0.6 is 22.9 Å². The highest BCUT2D eigenvalue weighted by Gasteiger charge is 2.10. The van der Waals surface area contributed by atoms with Gasteiger partial charge in [0.1, 0.15) is 11.5 Å². The van der Waals surface area contributed by atoms with Crippen molar-refractivity contribution in [3.8, 4) is 11.5 Å². The van der Waals surface area contributed by atoms with Crippen LogP contribution in [0.1, 0.15) is 10.4 Å². The fourth-order valence-electron chi connectivity index (χ4n) is 2.07. The van der Waals surface area contributed by atoms with E-state index in [4.69, 9.17) is 21.1 Å². The van der Waals surface area contributed by atoms with Crippen LogP contribution in [-0.4, -0.2) is 26.7 Å². The van der Waals surface area contributed by atoms with E-state index in [9.17, 15) is 4.79 Å². The van der Waals surface area contributed by atoms with E-state index in [1.165, 1.54) is 11.3 Å². The number of carbonyl (C=O) groups excluding carboxylic acids is 1. The zero-order valence-corrected chi connectivity index (χ0v) is 14.1. The van der Waals surface area contributed by atoms with Crippen molar-refractivity contribution in [2.75, 3.05) is 20.8 Å². The summed E-state index contributed by atoms with van der Waals surface area (Å²) in [6.45, 7) is 0.585. The Morgan fingerprint density at radius 3 is 2.68 bits per heavy atom. The van der Waals surface area contributed by atoms with Crippen LogP contribution in [0.25, 0.3) is 0 Å². The molecule has 0 saturated heterocycles. The van der Waals surface area contributed by atoms with E-state index in [2.05, 4.69) is 5.32 Å². The van der Waals surface area contributed by atoms with Gasteiger partial charge in [-0.05, 0) is 36.8 Å². The molecule has 0 atom stereocenters. The fraction of sp³-hybridized carbons (Fsp3) is 0.312. The monoisotopic (exact) mass is 339 g/mol. The van der Waals surface area contributed by atoms with Crippen LogP contribution in [0.3, 0.4) is 0 Å². The van der Waals surface area contributed by atoms with E-state index in [0.717, 1.165) is 21.2 Å². The molecular weight excluding hydrogens is 322 g/mol. The molecule has 118 valence electrons.